The highest BCUT2D eigenvalue weighted by Gasteiger charge is 2.35. The maximum atomic E-state index is 12.8. The van der Waals surface area contributed by atoms with E-state index in [1.807, 2.05) is 0 Å². The monoisotopic (exact) mass is 302 g/mol. The first-order valence-electron chi connectivity index (χ1n) is 7.33. The summed E-state index contributed by atoms with van der Waals surface area (Å²) in [4.78, 5) is 7.07. The lowest BCUT2D eigenvalue weighted by molar-refractivity contribution is -0.144. The smallest absolute Gasteiger partial charge is 0.373 e. The van der Waals surface area contributed by atoms with Crippen LogP contribution in [0.15, 0.2) is 6.07 Å². The van der Waals surface area contributed by atoms with Crippen LogP contribution in [-0.4, -0.2) is 23.1 Å². The van der Waals surface area contributed by atoms with E-state index in [1.165, 1.54) is 12.5 Å². The molecule has 1 aliphatic rings. The van der Waals surface area contributed by atoms with Gasteiger partial charge in [0.05, 0.1) is 0 Å². The van der Waals surface area contributed by atoms with Gasteiger partial charge in [-0.05, 0) is 18.8 Å². The second-order valence-electron chi connectivity index (χ2n) is 5.49. The van der Waals surface area contributed by atoms with Crippen molar-refractivity contribution >= 4 is 11.6 Å². The number of aromatic nitrogens is 2. The molecule has 118 valence electrons. The van der Waals surface area contributed by atoms with E-state index < -0.39 is 12.0 Å². The van der Waals surface area contributed by atoms with Crippen LogP contribution in [0.25, 0.3) is 0 Å². The van der Waals surface area contributed by atoms with Gasteiger partial charge in [-0.15, -0.1) is 0 Å². The Labute approximate surface area is 122 Å². The number of nitrogens with one attached hydrogen (secondary N) is 2. The molecule has 4 nitrogen and oxygen atoms in total. The van der Waals surface area contributed by atoms with Gasteiger partial charge in [-0.1, -0.05) is 26.2 Å². The molecule has 0 saturated heterocycles. The van der Waals surface area contributed by atoms with Crippen molar-refractivity contribution < 1.29 is 13.2 Å². The van der Waals surface area contributed by atoms with Gasteiger partial charge in [0, 0.05) is 19.2 Å². The number of hydrogen-bond acceptors (Lipinski definition) is 4. The number of rotatable bonds is 4. The lowest BCUT2D eigenvalue weighted by Crippen LogP contribution is -2.28. The largest absolute Gasteiger partial charge is 0.451 e. The summed E-state index contributed by atoms with van der Waals surface area (Å²) in [5.74, 6) is -0.0604. The van der Waals surface area contributed by atoms with E-state index in [-0.39, 0.29) is 17.7 Å². The van der Waals surface area contributed by atoms with Crippen LogP contribution in [0.1, 0.15) is 44.9 Å². The summed E-state index contributed by atoms with van der Waals surface area (Å²) in [6.07, 6.45) is 0.826. The van der Waals surface area contributed by atoms with Gasteiger partial charge in [-0.3, -0.25) is 0 Å². The van der Waals surface area contributed by atoms with Crippen LogP contribution in [0, 0.1) is 5.92 Å². The Kier molecular flexibility index (Phi) is 4.90. The Morgan fingerprint density at radius 2 is 1.95 bits per heavy atom. The summed E-state index contributed by atoms with van der Waals surface area (Å²) in [6.45, 7) is 2.15. The summed E-state index contributed by atoms with van der Waals surface area (Å²) in [5, 5.41) is 5.79. The average molecular weight is 302 g/mol. The predicted octanol–water partition coefficient (Wildman–Crippen LogP) is 3.92. The number of nitrogens with zero attached hydrogens (tertiary/aromatic N) is 2. The molecule has 2 atom stereocenters. The number of anilines is 2. The first kappa shape index (κ1) is 15.9. The Morgan fingerprint density at radius 3 is 2.57 bits per heavy atom. The van der Waals surface area contributed by atoms with E-state index >= 15 is 0 Å². The Hall–Kier alpha value is -1.53. The molecular formula is C14H21F3N4. The minimum atomic E-state index is -4.54. The third kappa shape index (κ3) is 4.22. The van der Waals surface area contributed by atoms with Crippen molar-refractivity contribution in [3.63, 3.8) is 0 Å². The molecule has 1 heterocycles. The topological polar surface area (TPSA) is 49.8 Å². The van der Waals surface area contributed by atoms with Crippen LogP contribution in [0.3, 0.4) is 0 Å². The summed E-state index contributed by atoms with van der Waals surface area (Å²) in [5.41, 5.74) is 0. The van der Waals surface area contributed by atoms with Crippen molar-refractivity contribution in [2.45, 2.75) is 51.2 Å². The molecule has 0 bridgehead atoms. The Bertz CT molecular complexity index is 476. The lowest BCUT2D eigenvalue weighted by Gasteiger charge is -2.29. The van der Waals surface area contributed by atoms with Crippen molar-refractivity contribution in [2.24, 2.45) is 5.92 Å². The summed E-state index contributed by atoms with van der Waals surface area (Å²) < 4.78 is 38.4. The number of halogens is 3. The first-order valence-corrected chi connectivity index (χ1v) is 7.33. The van der Waals surface area contributed by atoms with Gasteiger partial charge in [-0.2, -0.15) is 13.2 Å². The van der Waals surface area contributed by atoms with Crippen LogP contribution < -0.4 is 10.6 Å². The van der Waals surface area contributed by atoms with E-state index in [4.69, 9.17) is 0 Å². The molecule has 0 spiro atoms. The van der Waals surface area contributed by atoms with Crippen molar-refractivity contribution in [2.75, 3.05) is 17.7 Å². The molecular weight excluding hydrogens is 281 g/mol. The number of hydrogen-bond donors (Lipinski definition) is 2. The average Bonchev–Trinajstić information content (AvgIpc) is 2.46. The maximum Gasteiger partial charge on any atom is 0.451 e. The zero-order chi connectivity index (χ0) is 15.5. The normalized spacial score (nSPS) is 22.9. The standard InChI is InChI=1S/C14H21F3N4/c1-3-9-5-4-6-10(7-9)19-12-8-11(18-2)20-13(21-12)14(15,16)17/h8-10H,3-7H2,1-2H3,(H2,18,19,20,21). The molecule has 2 N–H and O–H groups in total. The van der Waals surface area contributed by atoms with Gasteiger partial charge in [0.25, 0.3) is 0 Å². The van der Waals surface area contributed by atoms with E-state index in [1.54, 1.807) is 7.05 Å². The molecule has 2 rings (SSSR count). The van der Waals surface area contributed by atoms with Crippen LogP contribution in [0.5, 0.6) is 0 Å². The molecule has 2 unspecified atom stereocenters. The third-order valence-electron chi connectivity index (χ3n) is 3.95. The van der Waals surface area contributed by atoms with Crippen molar-refractivity contribution in [3.8, 4) is 0 Å². The van der Waals surface area contributed by atoms with Crippen LogP contribution >= 0.6 is 0 Å². The molecule has 1 fully saturated rings. The van der Waals surface area contributed by atoms with Gasteiger partial charge >= 0.3 is 6.18 Å². The van der Waals surface area contributed by atoms with Crippen LogP contribution in [0.4, 0.5) is 24.8 Å². The number of alkyl halides is 3. The molecule has 7 heteroatoms. The Morgan fingerprint density at radius 1 is 1.24 bits per heavy atom. The van der Waals surface area contributed by atoms with Crippen LogP contribution in [-0.2, 0) is 6.18 Å². The summed E-state index contributed by atoms with van der Waals surface area (Å²) in [6, 6.07) is 1.70. The van der Waals surface area contributed by atoms with E-state index in [0.717, 1.165) is 25.7 Å². The predicted molar refractivity (Wildman–Crippen MR) is 76.2 cm³/mol. The highest BCUT2D eigenvalue weighted by Crippen LogP contribution is 2.31. The van der Waals surface area contributed by atoms with Gasteiger partial charge in [-0.25, -0.2) is 9.97 Å². The van der Waals surface area contributed by atoms with E-state index in [0.29, 0.717) is 5.92 Å². The fraction of sp³-hybridized carbons (Fsp3) is 0.714. The van der Waals surface area contributed by atoms with E-state index in [2.05, 4.69) is 27.5 Å². The minimum Gasteiger partial charge on any atom is -0.373 e. The molecule has 0 radical (unpaired) electrons. The van der Waals surface area contributed by atoms with Crippen LogP contribution in [0.2, 0.25) is 0 Å². The zero-order valence-electron chi connectivity index (χ0n) is 12.3. The summed E-state index contributed by atoms with van der Waals surface area (Å²) >= 11 is 0. The molecule has 1 saturated carbocycles. The van der Waals surface area contributed by atoms with Crippen molar-refractivity contribution in [1.82, 2.24) is 9.97 Å². The second kappa shape index (κ2) is 6.49. The quantitative estimate of drug-likeness (QED) is 0.885. The summed E-state index contributed by atoms with van der Waals surface area (Å²) in [7, 11) is 1.54. The molecule has 0 aliphatic heterocycles. The second-order valence-corrected chi connectivity index (χ2v) is 5.49. The molecule has 1 aliphatic carbocycles. The van der Waals surface area contributed by atoms with Crippen molar-refractivity contribution in [3.05, 3.63) is 11.9 Å². The van der Waals surface area contributed by atoms with Gasteiger partial charge in [0.15, 0.2) is 0 Å². The Balaban J connectivity index is 2.15. The third-order valence-corrected chi connectivity index (χ3v) is 3.95. The lowest BCUT2D eigenvalue weighted by atomic mass is 9.84. The van der Waals surface area contributed by atoms with Gasteiger partial charge in [0.2, 0.25) is 5.82 Å². The first-order chi connectivity index (χ1) is 9.92. The molecule has 1 aromatic rings. The molecule has 0 amide bonds. The van der Waals surface area contributed by atoms with Gasteiger partial charge < -0.3 is 10.6 Å². The zero-order valence-corrected chi connectivity index (χ0v) is 12.3. The minimum absolute atomic E-state index is 0.169. The van der Waals surface area contributed by atoms with E-state index in [9.17, 15) is 13.2 Å². The fourth-order valence-electron chi connectivity index (χ4n) is 2.78. The highest BCUT2D eigenvalue weighted by atomic mass is 19.4. The SMILES string of the molecule is CCC1CCCC(Nc2cc(NC)nc(C(F)(F)F)n2)C1. The molecule has 0 aromatic carbocycles. The highest BCUT2D eigenvalue weighted by molar-refractivity contribution is 5.48. The molecule has 21 heavy (non-hydrogen) atoms. The molecule has 1 aromatic heterocycles. The fourth-order valence-corrected chi connectivity index (χ4v) is 2.78. The maximum absolute atomic E-state index is 12.8. The van der Waals surface area contributed by atoms with Crippen molar-refractivity contribution in [1.29, 1.82) is 0 Å². The van der Waals surface area contributed by atoms with Gasteiger partial charge in [0.1, 0.15) is 11.6 Å².